The van der Waals surface area contributed by atoms with Crippen molar-refractivity contribution in [3.8, 4) is 11.4 Å². The molecule has 0 radical (unpaired) electrons. The number of aromatic nitrogens is 10. The molecule has 2 N–H and O–H groups in total. The first-order valence-electron chi connectivity index (χ1n) is 23.7. The Morgan fingerprint density at radius 3 is 1.62 bits per heavy atom. The lowest BCUT2D eigenvalue weighted by atomic mass is 10.2. The summed E-state index contributed by atoms with van der Waals surface area (Å²) in [6.07, 6.45) is 11.5. The van der Waals surface area contributed by atoms with Gasteiger partial charge in [-0.2, -0.15) is 0 Å². The predicted molar refractivity (Wildman–Crippen MR) is 283 cm³/mol. The van der Waals surface area contributed by atoms with Crippen molar-refractivity contribution in [2.24, 2.45) is 0 Å². The molecule has 8 heterocycles. The number of carbonyl (C=O) groups excluding carboxylic acids is 2. The summed E-state index contributed by atoms with van der Waals surface area (Å²) < 4.78 is 82.5. The lowest BCUT2D eigenvalue weighted by molar-refractivity contribution is 0.0874. The molecule has 0 aromatic carbocycles. The lowest BCUT2D eigenvalue weighted by Gasteiger charge is -2.15. The number of fused-ring (bicyclic) bond motifs is 4. The summed E-state index contributed by atoms with van der Waals surface area (Å²) in [5.41, 5.74) is 4.14. The summed E-state index contributed by atoms with van der Waals surface area (Å²) in [5, 5.41) is 5.80. The maximum atomic E-state index is 14.6. The van der Waals surface area contributed by atoms with Crippen molar-refractivity contribution in [3.63, 3.8) is 0 Å². The number of pyridine rings is 2. The molecule has 8 rings (SSSR count). The topological polar surface area (TPSA) is 191 Å². The summed E-state index contributed by atoms with van der Waals surface area (Å²) >= 11 is 3.33. The van der Waals surface area contributed by atoms with Crippen LogP contribution in [0.15, 0.2) is 66.6 Å². The zero-order valence-electron chi connectivity index (χ0n) is 43.4. The van der Waals surface area contributed by atoms with Crippen LogP contribution in [0.3, 0.4) is 0 Å². The van der Waals surface area contributed by atoms with Crippen molar-refractivity contribution in [2.75, 3.05) is 40.6 Å². The Labute approximate surface area is 436 Å². The summed E-state index contributed by atoms with van der Waals surface area (Å²) in [5.74, 6) is -3.22. The highest BCUT2D eigenvalue weighted by Gasteiger charge is 2.24. The van der Waals surface area contributed by atoms with Gasteiger partial charge in [0.2, 0.25) is 0 Å². The molecular formula is C49H63BrF4N12O6Si2. The largest absolute Gasteiger partial charge is 0.383 e. The van der Waals surface area contributed by atoms with Crippen molar-refractivity contribution in [1.82, 2.24) is 58.5 Å². The third-order valence-corrected chi connectivity index (χ3v) is 14.9. The van der Waals surface area contributed by atoms with E-state index in [0.29, 0.717) is 82.4 Å². The van der Waals surface area contributed by atoms with Crippen LogP contribution in [0.4, 0.5) is 17.6 Å². The summed E-state index contributed by atoms with van der Waals surface area (Å²) in [4.78, 5) is 51.8. The fraction of sp³-hybridized carbons (Fsp3) is 0.429. The number of methoxy groups -OCH3 is 2. The molecule has 0 fully saturated rings. The Morgan fingerprint density at radius 2 is 1.12 bits per heavy atom. The quantitative estimate of drug-likeness (QED) is 0.0444. The number of rotatable bonds is 19. The van der Waals surface area contributed by atoms with Crippen LogP contribution in [0, 0.1) is 30.2 Å². The number of hydrogen-bond acceptors (Lipinski definition) is 12. The number of aryl methyl sites for hydroxylation is 1. The molecule has 0 bridgehead atoms. The molecule has 0 aliphatic carbocycles. The fourth-order valence-corrected chi connectivity index (χ4v) is 9.24. The number of amides is 2. The highest BCUT2D eigenvalue weighted by Crippen LogP contribution is 2.28. The maximum absolute atomic E-state index is 14.6. The van der Waals surface area contributed by atoms with Crippen LogP contribution >= 0.6 is 15.9 Å². The van der Waals surface area contributed by atoms with Gasteiger partial charge in [0, 0.05) is 92.6 Å². The molecule has 0 saturated heterocycles. The van der Waals surface area contributed by atoms with Gasteiger partial charge in [-0.25, -0.2) is 47.5 Å². The van der Waals surface area contributed by atoms with Gasteiger partial charge in [0.05, 0.1) is 48.8 Å². The van der Waals surface area contributed by atoms with E-state index in [0.717, 1.165) is 30.4 Å². The number of imidazole rings is 2. The molecule has 0 unspecified atom stereocenters. The van der Waals surface area contributed by atoms with Gasteiger partial charge >= 0.3 is 0 Å². The van der Waals surface area contributed by atoms with Gasteiger partial charge in [-0.3, -0.25) is 9.59 Å². The van der Waals surface area contributed by atoms with Gasteiger partial charge in [-0.05, 0) is 48.8 Å². The van der Waals surface area contributed by atoms with Crippen molar-refractivity contribution in [2.45, 2.75) is 97.7 Å². The Morgan fingerprint density at radius 1 is 0.662 bits per heavy atom. The molecule has 0 aliphatic rings. The van der Waals surface area contributed by atoms with Crippen molar-refractivity contribution in [1.29, 1.82) is 0 Å². The Balaban J connectivity index is 0.000000203. The van der Waals surface area contributed by atoms with Crippen LogP contribution in [-0.4, -0.2) is 129 Å². The van der Waals surface area contributed by atoms with Gasteiger partial charge < -0.3 is 47.5 Å². The highest BCUT2D eigenvalue weighted by atomic mass is 79.9. The van der Waals surface area contributed by atoms with Crippen LogP contribution in [0.2, 0.25) is 51.4 Å². The van der Waals surface area contributed by atoms with Crippen LogP contribution < -0.4 is 10.6 Å². The second-order valence-corrected chi connectivity index (χ2v) is 32.2. The first-order chi connectivity index (χ1) is 35.0. The van der Waals surface area contributed by atoms with E-state index in [1.165, 1.54) is 33.8 Å². The van der Waals surface area contributed by atoms with Crippen LogP contribution in [0.5, 0.6) is 0 Å². The minimum atomic E-state index is -1.26. The molecule has 74 heavy (non-hydrogen) atoms. The first-order valence-corrected chi connectivity index (χ1v) is 31.9. The summed E-state index contributed by atoms with van der Waals surface area (Å²) in [7, 11) is 0.767. The second kappa shape index (κ2) is 25.0. The number of nitrogens with one attached hydrogen (secondary N) is 2. The maximum Gasteiger partial charge on any atom is 0.255 e. The monoisotopic (exact) mass is 1130 g/mol. The predicted octanol–water partition coefficient (Wildman–Crippen LogP) is 9.29. The van der Waals surface area contributed by atoms with Crippen molar-refractivity contribution < 1.29 is 46.1 Å². The van der Waals surface area contributed by atoms with Gasteiger partial charge in [0.15, 0.2) is 22.9 Å². The van der Waals surface area contributed by atoms with E-state index >= 15 is 0 Å². The second-order valence-electron chi connectivity index (χ2n) is 20.1. The van der Waals surface area contributed by atoms with Crippen LogP contribution in [0.1, 0.15) is 40.3 Å². The zero-order valence-corrected chi connectivity index (χ0v) is 47.0. The van der Waals surface area contributed by atoms with Gasteiger partial charge in [-0.15, -0.1) is 0 Å². The lowest BCUT2D eigenvalue weighted by Crippen LogP contribution is -2.35. The molecule has 18 nitrogen and oxygen atoms in total. The third-order valence-electron chi connectivity index (χ3n) is 11.2. The smallest absolute Gasteiger partial charge is 0.255 e. The van der Waals surface area contributed by atoms with Crippen LogP contribution in [-0.2, 0) is 32.4 Å². The molecule has 25 heteroatoms. The third kappa shape index (κ3) is 15.1. The number of halogens is 5. The number of hydrogen-bond donors (Lipinski definition) is 2. The van der Waals surface area contributed by atoms with E-state index in [-0.39, 0.29) is 47.5 Å². The van der Waals surface area contributed by atoms with E-state index < -0.39 is 39.4 Å². The summed E-state index contributed by atoms with van der Waals surface area (Å²) in [6.45, 7) is 21.8. The Hall–Kier alpha value is -5.97. The highest BCUT2D eigenvalue weighted by molar-refractivity contribution is 9.10. The number of carbonyl (C=O) groups is 2. The number of ether oxygens (including phenoxy) is 4. The molecule has 2 amide bonds. The van der Waals surface area contributed by atoms with E-state index in [1.807, 2.05) is 18.4 Å². The minimum Gasteiger partial charge on any atom is -0.383 e. The molecule has 0 aliphatic heterocycles. The van der Waals surface area contributed by atoms with E-state index in [2.05, 4.69) is 95.7 Å². The molecule has 398 valence electrons. The standard InChI is InChI=1S/C24H30F2N6O3Si.C17H27BrN4O3Si.C8H6F2N2/c1-15(12-34-2)29-24(33)17-11-32(14-35-6-7-36(3,4)5)23-20(17)30-19(9-27-23)21-22-18(26)8-16(25)10-31(22)13-28-21;1-12(10-24-2)20-17(23)13-9-22(11-25-6-7-26(3,4)5)16-15(13)21-14(18)8-19-16;1-5-8-7(10)2-6(9)3-12(8)4-11-5/h8-11,13,15H,6-7,12,14H2,1-5H3,(H,29,33);8-9,12H,6-7,10-11H2,1-5H3,(H,20,23);2-4H,1H3/t15-;12-;/m00./s1. The average molecular weight is 1130 g/mol. The van der Waals surface area contributed by atoms with Crippen molar-refractivity contribution in [3.05, 3.63) is 107 Å². The Kier molecular flexibility index (Phi) is 19.4. The van der Waals surface area contributed by atoms with Gasteiger partial charge in [-0.1, -0.05) is 39.3 Å². The average Bonchev–Trinajstić information content (AvgIpc) is 4.09. The van der Waals surface area contributed by atoms with E-state index in [9.17, 15) is 27.2 Å². The number of nitrogens with zero attached hydrogens (tertiary/aromatic N) is 10. The van der Waals surface area contributed by atoms with E-state index in [4.69, 9.17) is 18.9 Å². The normalized spacial score (nSPS) is 12.7. The van der Waals surface area contributed by atoms with Crippen molar-refractivity contribution >= 4 is 77.3 Å². The fourth-order valence-electron chi connectivity index (χ4n) is 7.44. The Bertz CT molecular complexity index is 3230. The van der Waals surface area contributed by atoms with E-state index in [1.54, 1.807) is 44.3 Å². The summed E-state index contributed by atoms with van der Waals surface area (Å²) in [6, 6.07) is 3.40. The zero-order chi connectivity index (χ0) is 54.1. The minimum absolute atomic E-state index is 0.0684. The molecule has 2 atom stereocenters. The molecule has 8 aromatic heterocycles. The van der Waals surface area contributed by atoms with Gasteiger partial charge in [0.1, 0.15) is 69.5 Å². The molecule has 8 aromatic rings. The van der Waals surface area contributed by atoms with Gasteiger partial charge in [0.25, 0.3) is 11.8 Å². The van der Waals surface area contributed by atoms with Crippen LogP contribution in [0.25, 0.3) is 44.7 Å². The molecular weight excluding hydrogens is 1060 g/mol. The SMILES string of the molecule is COC[C@H](C)NC(=O)c1cn(COCC[Si](C)(C)C)c2ncc(-c3ncn4cc(F)cc(F)c34)nc12.COC[C@H](C)NC(=O)c1cn(COCC[Si](C)(C)C)c2ncc(Br)nc12.Cc1ncn2cc(F)cc(F)c12. The molecule has 0 spiro atoms. The molecule has 0 saturated carbocycles. The first kappa shape index (κ1) is 57.3.